The third-order valence-electron chi connectivity index (χ3n) is 1.62. The fourth-order valence-electron chi connectivity index (χ4n) is 0.963. The smallest absolute Gasteiger partial charge is 0.295 e. The van der Waals surface area contributed by atoms with Crippen molar-refractivity contribution in [3.63, 3.8) is 0 Å². The molecule has 0 saturated carbocycles. The van der Waals surface area contributed by atoms with Crippen molar-refractivity contribution >= 4 is 17.7 Å². The molecule has 0 heterocycles. The number of halogens is 1. The van der Waals surface area contributed by atoms with Crippen molar-refractivity contribution in [1.29, 1.82) is 0 Å². The minimum Gasteiger partial charge on any atom is -1.00 e. The Balaban J connectivity index is 0.00000225. The second-order valence-corrected chi connectivity index (χ2v) is 4.11. The maximum Gasteiger partial charge on any atom is 0.295 e. The lowest BCUT2D eigenvalue weighted by Gasteiger charge is -2.15. The van der Waals surface area contributed by atoms with Gasteiger partial charge in [-0.2, -0.15) is 4.99 Å². The second-order valence-electron chi connectivity index (χ2n) is 4.11. The standard InChI is InChI=1S/C10H14N3O2.HI/c1-13(2,3)8-11-9-6-4-5-7-10(9)12(14)15;/h4-8H,1-3H3;1H/q+1;/p-1. The molecule has 0 atom stereocenters. The van der Waals surface area contributed by atoms with Crippen LogP contribution in [0.4, 0.5) is 11.4 Å². The Bertz CT molecular complexity index is 399. The van der Waals surface area contributed by atoms with Crippen molar-refractivity contribution in [3.8, 4) is 0 Å². The van der Waals surface area contributed by atoms with E-state index >= 15 is 0 Å². The molecule has 5 nitrogen and oxygen atoms in total. The summed E-state index contributed by atoms with van der Waals surface area (Å²) in [5.74, 6) is 0. The van der Waals surface area contributed by atoms with Gasteiger partial charge < -0.3 is 24.0 Å². The summed E-state index contributed by atoms with van der Waals surface area (Å²) in [6.07, 6.45) is 1.66. The first kappa shape index (κ1) is 15.0. The van der Waals surface area contributed by atoms with Crippen molar-refractivity contribution in [3.05, 3.63) is 34.4 Å². The van der Waals surface area contributed by atoms with Gasteiger partial charge in [-0.3, -0.25) is 14.6 Å². The Kier molecular flexibility index (Phi) is 5.52. The molecule has 0 fully saturated rings. The van der Waals surface area contributed by atoms with E-state index in [0.29, 0.717) is 10.2 Å². The normalized spacial score (nSPS) is 11.2. The molecular weight excluding hydrogens is 321 g/mol. The van der Waals surface area contributed by atoms with Crippen LogP contribution in [0, 0.1) is 10.1 Å². The topological polar surface area (TPSA) is 55.5 Å². The van der Waals surface area contributed by atoms with Gasteiger partial charge in [0.15, 0.2) is 6.34 Å². The zero-order valence-corrected chi connectivity index (χ0v) is 11.6. The number of hydrogen-bond donors (Lipinski definition) is 0. The number of nitro groups is 1. The van der Waals surface area contributed by atoms with E-state index in [1.807, 2.05) is 21.1 Å². The number of aliphatic imine (C=N–C) groups is 1. The van der Waals surface area contributed by atoms with Crippen LogP contribution < -0.4 is 24.0 Å². The fourth-order valence-corrected chi connectivity index (χ4v) is 0.963. The second kappa shape index (κ2) is 5.90. The highest BCUT2D eigenvalue weighted by atomic mass is 127. The largest absolute Gasteiger partial charge is 1.00 e. The van der Waals surface area contributed by atoms with Crippen molar-refractivity contribution in [1.82, 2.24) is 0 Å². The van der Waals surface area contributed by atoms with Crippen LogP contribution in [-0.4, -0.2) is 36.9 Å². The molecule has 0 bridgehead atoms. The molecule has 0 radical (unpaired) electrons. The number of quaternary nitrogens is 1. The lowest BCUT2D eigenvalue weighted by atomic mass is 10.3. The Morgan fingerprint density at radius 3 is 2.38 bits per heavy atom. The molecule has 0 aromatic heterocycles. The van der Waals surface area contributed by atoms with E-state index in [2.05, 4.69) is 4.99 Å². The van der Waals surface area contributed by atoms with Crippen LogP contribution >= 0.6 is 0 Å². The Morgan fingerprint density at radius 2 is 1.88 bits per heavy atom. The molecule has 0 aliphatic carbocycles. The molecule has 1 aromatic rings. The first-order valence-electron chi connectivity index (χ1n) is 4.50. The van der Waals surface area contributed by atoms with E-state index in [1.165, 1.54) is 6.07 Å². The SMILES string of the molecule is C[N+](C)(C)C=Nc1ccccc1[N+](=O)[O-].[I-]. The van der Waals surface area contributed by atoms with E-state index in [-0.39, 0.29) is 29.7 Å². The van der Waals surface area contributed by atoms with Crippen LogP contribution in [0.15, 0.2) is 29.3 Å². The molecule has 88 valence electrons. The lowest BCUT2D eigenvalue weighted by molar-refractivity contribution is -0.769. The molecule has 0 saturated heterocycles. The first-order valence-corrected chi connectivity index (χ1v) is 4.50. The van der Waals surface area contributed by atoms with Crippen LogP contribution in [-0.2, 0) is 0 Å². The van der Waals surface area contributed by atoms with Crippen LogP contribution in [0.5, 0.6) is 0 Å². The number of para-hydroxylation sites is 2. The van der Waals surface area contributed by atoms with Crippen molar-refractivity contribution in [2.45, 2.75) is 0 Å². The van der Waals surface area contributed by atoms with Gasteiger partial charge in [0, 0.05) is 6.07 Å². The zero-order chi connectivity index (χ0) is 11.5. The molecule has 1 rings (SSSR count). The average Bonchev–Trinajstić information content (AvgIpc) is 2.14. The monoisotopic (exact) mass is 335 g/mol. The fraction of sp³-hybridized carbons (Fsp3) is 0.300. The third kappa shape index (κ3) is 4.67. The average molecular weight is 335 g/mol. The zero-order valence-electron chi connectivity index (χ0n) is 9.42. The van der Waals surface area contributed by atoms with Gasteiger partial charge in [-0.05, 0) is 6.07 Å². The molecule has 0 spiro atoms. The van der Waals surface area contributed by atoms with Gasteiger partial charge in [0.2, 0.25) is 0 Å². The molecule has 0 amide bonds. The third-order valence-corrected chi connectivity index (χ3v) is 1.62. The van der Waals surface area contributed by atoms with E-state index in [1.54, 1.807) is 24.5 Å². The molecule has 0 unspecified atom stereocenters. The highest BCUT2D eigenvalue weighted by Crippen LogP contribution is 2.25. The molecule has 1 aromatic carbocycles. The summed E-state index contributed by atoms with van der Waals surface area (Å²) in [4.78, 5) is 14.3. The predicted molar refractivity (Wildman–Crippen MR) is 59.3 cm³/mol. The van der Waals surface area contributed by atoms with Crippen LogP contribution in [0.1, 0.15) is 0 Å². The molecule has 0 N–H and O–H groups in total. The van der Waals surface area contributed by atoms with Crippen LogP contribution in [0.25, 0.3) is 0 Å². The van der Waals surface area contributed by atoms with Gasteiger partial charge in [-0.1, -0.05) is 12.1 Å². The number of rotatable bonds is 3. The summed E-state index contributed by atoms with van der Waals surface area (Å²) in [5.41, 5.74) is 0.415. The van der Waals surface area contributed by atoms with Crippen molar-refractivity contribution in [2.24, 2.45) is 4.99 Å². The maximum absolute atomic E-state index is 10.7. The summed E-state index contributed by atoms with van der Waals surface area (Å²) >= 11 is 0. The lowest BCUT2D eigenvalue weighted by Crippen LogP contribution is -3.00. The minimum atomic E-state index is -0.428. The quantitative estimate of drug-likeness (QED) is 0.177. The summed E-state index contributed by atoms with van der Waals surface area (Å²) in [6, 6.07) is 6.44. The van der Waals surface area contributed by atoms with Gasteiger partial charge in [0.25, 0.3) is 5.69 Å². The van der Waals surface area contributed by atoms with E-state index < -0.39 is 4.92 Å². The number of hydrogen-bond acceptors (Lipinski definition) is 3. The van der Waals surface area contributed by atoms with Gasteiger partial charge in [0.1, 0.15) is 5.69 Å². The van der Waals surface area contributed by atoms with Gasteiger partial charge >= 0.3 is 0 Å². The van der Waals surface area contributed by atoms with E-state index in [0.717, 1.165) is 0 Å². The van der Waals surface area contributed by atoms with Crippen LogP contribution in [0.3, 0.4) is 0 Å². The minimum absolute atomic E-state index is 0. The maximum atomic E-state index is 10.7. The Labute approximate surface area is 112 Å². The highest BCUT2D eigenvalue weighted by Gasteiger charge is 2.12. The number of nitro benzene ring substituents is 1. The molecule has 16 heavy (non-hydrogen) atoms. The number of nitrogens with zero attached hydrogens (tertiary/aromatic N) is 3. The van der Waals surface area contributed by atoms with E-state index in [9.17, 15) is 10.1 Å². The molecule has 0 aliphatic heterocycles. The van der Waals surface area contributed by atoms with E-state index in [4.69, 9.17) is 0 Å². The Hall–Kier alpha value is -1.02. The van der Waals surface area contributed by atoms with Gasteiger partial charge in [-0.15, -0.1) is 0 Å². The molecule has 6 heteroatoms. The number of benzene rings is 1. The van der Waals surface area contributed by atoms with Gasteiger partial charge in [0.05, 0.1) is 26.1 Å². The summed E-state index contributed by atoms with van der Waals surface area (Å²) < 4.78 is 0.520. The van der Waals surface area contributed by atoms with Crippen molar-refractivity contribution < 1.29 is 33.4 Å². The highest BCUT2D eigenvalue weighted by molar-refractivity contribution is 5.63. The summed E-state index contributed by atoms with van der Waals surface area (Å²) in [5, 5.41) is 10.7. The Morgan fingerprint density at radius 1 is 1.31 bits per heavy atom. The predicted octanol–water partition coefficient (Wildman–Crippen LogP) is -1.04. The summed E-state index contributed by atoms with van der Waals surface area (Å²) in [6.45, 7) is 0. The van der Waals surface area contributed by atoms with Crippen LogP contribution in [0.2, 0.25) is 0 Å². The first-order chi connectivity index (χ1) is 6.90. The van der Waals surface area contributed by atoms with Gasteiger partial charge in [-0.25, -0.2) is 0 Å². The van der Waals surface area contributed by atoms with Crippen molar-refractivity contribution in [2.75, 3.05) is 21.1 Å². The molecular formula is C10H14IN3O2. The summed E-state index contributed by atoms with van der Waals surface area (Å²) in [7, 11) is 5.79. The molecule has 0 aliphatic rings.